The Kier molecular flexibility index (Phi) is 4.00. The van der Waals surface area contributed by atoms with Gasteiger partial charge in [-0.1, -0.05) is 11.6 Å². The Labute approximate surface area is 76.9 Å². The summed E-state index contributed by atoms with van der Waals surface area (Å²) in [5.74, 6) is 0. The first-order chi connectivity index (χ1) is 5.84. The molecular formula is C8H12ClN3. The Bertz CT molecular complexity index is 239. The monoisotopic (exact) mass is 185 g/mol. The zero-order chi connectivity index (χ0) is 8.81. The highest BCUT2D eigenvalue weighted by Crippen LogP contribution is 2.10. The fraction of sp³-hybridized carbons (Fsp3) is 0.375. The predicted octanol–water partition coefficient (Wildman–Crippen LogP) is 0.783. The third-order valence-corrected chi connectivity index (χ3v) is 1.79. The normalized spacial score (nSPS) is 10.2. The van der Waals surface area contributed by atoms with Crippen molar-refractivity contribution in [3.63, 3.8) is 0 Å². The van der Waals surface area contributed by atoms with E-state index < -0.39 is 0 Å². The summed E-state index contributed by atoms with van der Waals surface area (Å²) in [5, 5.41) is 3.82. The smallest absolute Gasteiger partial charge is 0.0727 e. The van der Waals surface area contributed by atoms with E-state index in [-0.39, 0.29) is 0 Å². The summed E-state index contributed by atoms with van der Waals surface area (Å²) in [4.78, 5) is 4.11. The minimum absolute atomic E-state index is 0.629. The maximum atomic E-state index is 5.87. The maximum absolute atomic E-state index is 5.87. The highest BCUT2D eigenvalue weighted by Gasteiger charge is 1.97. The Balaban J connectivity index is 2.46. The quantitative estimate of drug-likeness (QED) is 0.682. The van der Waals surface area contributed by atoms with Gasteiger partial charge in [-0.05, 0) is 12.1 Å². The van der Waals surface area contributed by atoms with Crippen molar-refractivity contribution in [2.75, 3.05) is 13.1 Å². The second kappa shape index (κ2) is 5.09. The van der Waals surface area contributed by atoms with Crippen molar-refractivity contribution >= 4 is 11.6 Å². The topological polar surface area (TPSA) is 50.9 Å². The minimum Gasteiger partial charge on any atom is -0.329 e. The van der Waals surface area contributed by atoms with Gasteiger partial charge in [0.1, 0.15) is 0 Å². The second-order valence-corrected chi connectivity index (χ2v) is 2.80. The van der Waals surface area contributed by atoms with E-state index in [1.807, 2.05) is 12.1 Å². The van der Waals surface area contributed by atoms with Crippen LogP contribution in [0.5, 0.6) is 0 Å². The van der Waals surface area contributed by atoms with E-state index in [2.05, 4.69) is 10.3 Å². The molecule has 0 aromatic carbocycles. The first-order valence-electron chi connectivity index (χ1n) is 3.85. The van der Waals surface area contributed by atoms with Gasteiger partial charge >= 0.3 is 0 Å². The van der Waals surface area contributed by atoms with Gasteiger partial charge in [-0.25, -0.2) is 0 Å². The molecule has 0 spiro atoms. The molecule has 4 heteroatoms. The maximum Gasteiger partial charge on any atom is 0.0727 e. The number of pyridine rings is 1. The molecule has 0 amide bonds. The third-order valence-electron chi connectivity index (χ3n) is 1.45. The van der Waals surface area contributed by atoms with Crippen molar-refractivity contribution in [2.45, 2.75) is 6.54 Å². The van der Waals surface area contributed by atoms with Crippen LogP contribution in [0.3, 0.4) is 0 Å². The van der Waals surface area contributed by atoms with Crippen LogP contribution in [0.1, 0.15) is 5.69 Å². The van der Waals surface area contributed by atoms with Crippen LogP contribution in [-0.2, 0) is 6.54 Å². The van der Waals surface area contributed by atoms with Crippen molar-refractivity contribution in [3.05, 3.63) is 29.0 Å². The predicted molar refractivity (Wildman–Crippen MR) is 50.0 cm³/mol. The molecule has 0 aliphatic heterocycles. The molecule has 1 aromatic heterocycles. The van der Waals surface area contributed by atoms with Crippen molar-refractivity contribution in [2.24, 2.45) is 5.73 Å². The van der Waals surface area contributed by atoms with E-state index in [0.29, 0.717) is 18.1 Å². The fourth-order valence-electron chi connectivity index (χ4n) is 0.857. The second-order valence-electron chi connectivity index (χ2n) is 2.40. The number of hydrogen-bond acceptors (Lipinski definition) is 3. The largest absolute Gasteiger partial charge is 0.329 e. The zero-order valence-corrected chi connectivity index (χ0v) is 7.51. The van der Waals surface area contributed by atoms with E-state index in [1.165, 1.54) is 0 Å². The van der Waals surface area contributed by atoms with Gasteiger partial charge in [-0.3, -0.25) is 4.98 Å². The lowest BCUT2D eigenvalue weighted by Crippen LogP contribution is -2.22. The first-order valence-corrected chi connectivity index (χ1v) is 4.22. The summed E-state index contributed by atoms with van der Waals surface area (Å²) in [7, 11) is 0. The van der Waals surface area contributed by atoms with Crippen molar-refractivity contribution < 1.29 is 0 Å². The van der Waals surface area contributed by atoms with Crippen LogP contribution < -0.4 is 11.1 Å². The molecular weight excluding hydrogens is 174 g/mol. The van der Waals surface area contributed by atoms with Gasteiger partial charge in [0.05, 0.1) is 10.7 Å². The van der Waals surface area contributed by atoms with Crippen LogP contribution in [0.2, 0.25) is 5.02 Å². The molecule has 0 atom stereocenters. The first kappa shape index (κ1) is 9.45. The van der Waals surface area contributed by atoms with Gasteiger partial charge in [-0.15, -0.1) is 0 Å². The van der Waals surface area contributed by atoms with E-state index in [9.17, 15) is 0 Å². The van der Waals surface area contributed by atoms with Gasteiger partial charge in [-0.2, -0.15) is 0 Å². The van der Waals surface area contributed by atoms with E-state index in [0.717, 1.165) is 12.2 Å². The molecule has 1 aromatic rings. The number of rotatable bonds is 4. The Morgan fingerprint density at radius 2 is 2.42 bits per heavy atom. The lowest BCUT2D eigenvalue weighted by molar-refractivity contribution is 0.682. The molecule has 0 unspecified atom stereocenters. The standard InChI is InChI=1S/C8H12ClN3/c9-7-2-1-4-12-8(7)6-11-5-3-10/h1-2,4,11H,3,5-6,10H2. The number of halogens is 1. The molecule has 3 N–H and O–H groups in total. The summed E-state index contributed by atoms with van der Waals surface area (Å²) in [6.45, 7) is 2.09. The van der Waals surface area contributed by atoms with Crippen molar-refractivity contribution in [3.8, 4) is 0 Å². The average molecular weight is 186 g/mol. The molecule has 0 aliphatic carbocycles. The molecule has 3 nitrogen and oxygen atoms in total. The number of nitrogens with one attached hydrogen (secondary N) is 1. The van der Waals surface area contributed by atoms with Crippen molar-refractivity contribution in [1.29, 1.82) is 0 Å². The van der Waals surface area contributed by atoms with Gasteiger partial charge in [0.15, 0.2) is 0 Å². The van der Waals surface area contributed by atoms with Crippen molar-refractivity contribution in [1.82, 2.24) is 10.3 Å². The average Bonchev–Trinajstić information content (AvgIpc) is 2.09. The SMILES string of the molecule is NCCNCc1ncccc1Cl. The Morgan fingerprint density at radius 1 is 1.58 bits per heavy atom. The zero-order valence-electron chi connectivity index (χ0n) is 6.76. The lowest BCUT2D eigenvalue weighted by Gasteiger charge is -2.03. The van der Waals surface area contributed by atoms with Gasteiger partial charge in [0.2, 0.25) is 0 Å². The molecule has 12 heavy (non-hydrogen) atoms. The molecule has 0 saturated carbocycles. The number of nitrogens with two attached hydrogens (primary N) is 1. The summed E-state index contributed by atoms with van der Waals surface area (Å²) >= 11 is 5.87. The third kappa shape index (κ3) is 2.77. The highest BCUT2D eigenvalue weighted by molar-refractivity contribution is 6.31. The summed E-state index contributed by atoms with van der Waals surface area (Å²) in [6, 6.07) is 3.64. The Hall–Kier alpha value is -0.640. The van der Waals surface area contributed by atoms with E-state index in [4.69, 9.17) is 17.3 Å². The van der Waals surface area contributed by atoms with Gasteiger partial charge < -0.3 is 11.1 Å². The minimum atomic E-state index is 0.629. The van der Waals surface area contributed by atoms with Crippen LogP contribution in [0.15, 0.2) is 18.3 Å². The summed E-state index contributed by atoms with van der Waals surface area (Å²) in [6.07, 6.45) is 1.73. The van der Waals surface area contributed by atoms with Crippen LogP contribution in [0, 0.1) is 0 Å². The number of nitrogens with zero attached hydrogens (tertiary/aromatic N) is 1. The van der Waals surface area contributed by atoms with Crippen LogP contribution in [0.25, 0.3) is 0 Å². The number of aromatic nitrogens is 1. The van der Waals surface area contributed by atoms with Gasteiger partial charge in [0.25, 0.3) is 0 Å². The Morgan fingerprint density at radius 3 is 3.08 bits per heavy atom. The van der Waals surface area contributed by atoms with Gasteiger partial charge in [0, 0.05) is 25.8 Å². The highest BCUT2D eigenvalue weighted by atomic mass is 35.5. The molecule has 1 heterocycles. The van der Waals surface area contributed by atoms with Crippen LogP contribution in [-0.4, -0.2) is 18.1 Å². The molecule has 0 bridgehead atoms. The van der Waals surface area contributed by atoms with E-state index in [1.54, 1.807) is 6.20 Å². The summed E-state index contributed by atoms with van der Waals surface area (Å²) in [5.41, 5.74) is 6.18. The molecule has 0 fully saturated rings. The van der Waals surface area contributed by atoms with Crippen LogP contribution in [0.4, 0.5) is 0 Å². The van der Waals surface area contributed by atoms with E-state index >= 15 is 0 Å². The molecule has 0 saturated heterocycles. The molecule has 1 rings (SSSR count). The molecule has 0 radical (unpaired) electrons. The lowest BCUT2D eigenvalue weighted by atomic mass is 10.3. The molecule has 0 aliphatic rings. The summed E-state index contributed by atoms with van der Waals surface area (Å²) < 4.78 is 0. The number of hydrogen-bond donors (Lipinski definition) is 2. The molecule has 66 valence electrons. The van der Waals surface area contributed by atoms with Crippen LogP contribution >= 0.6 is 11.6 Å². The fourth-order valence-corrected chi connectivity index (χ4v) is 1.05.